The maximum atomic E-state index is 9.25. The smallest absolute Gasteiger partial charge is 0.136 e. The normalized spacial score (nSPS) is 14.4. The van der Waals surface area contributed by atoms with Crippen molar-refractivity contribution < 1.29 is 16.8 Å². The van der Waals surface area contributed by atoms with E-state index in [1.807, 2.05) is 97.1 Å². The zero-order chi connectivity index (χ0) is 37.6. The Morgan fingerprint density at radius 1 is 0.356 bits per heavy atom. The molecule has 8 aromatic carbocycles. The van der Waals surface area contributed by atoms with E-state index >= 15 is 0 Å². The van der Waals surface area contributed by atoms with Crippen molar-refractivity contribution in [2.45, 2.75) is 0 Å². The van der Waals surface area contributed by atoms with Crippen LogP contribution in [-0.2, 0) is 0 Å². The molecule has 0 fully saturated rings. The van der Waals surface area contributed by atoms with Gasteiger partial charge in [-0.3, -0.25) is 0 Å². The van der Waals surface area contributed by atoms with E-state index in [4.69, 9.17) is 15.4 Å². The van der Waals surface area contributed by atoms with E-state index in [-0.39, 0.29) is 41.8 Å². The van der Waals surface area contributed by atoms with Crippen LogP contribution < -0.4 is 0 Å². The summed E-state index contributed by atoms with van der Waals surface area (Å²) in [6, 6.07) is 34.0. The fraction of sp³-hybridized carbons (Fsp3) is 0. The van der Waals surface area contributed by atoms with Crippen molar-refractivity contribution in [1.29, 1.82) is 0 Å². The van der Waals surface area contributed by atoms with Gasteiger partial charge in [-0.15, -0.1) is 0 Å². The van der Waals surface area contributed by atoms with E-state index in [0.717, 1.165) is 49.0 Å². The van der Waals surface area contributed by atoms with Crippen molar-refractivity contribution in [2.75, 3.05) is 0 Å². The first-order valence-electron chi connectivity index (χ1n) is 19.2. The van der Waals surface area contributed by atoms with Gasteiger partial charge in [-0.2, -0.15) is 0 Å². The van der Waals surface area contributed by atoms with Gasteiger partial charge in [0.05, 0.1) is 12.3 Å². The predicted octanol–water partition coefficient (Wildman–Crippen LogP) is 12.6. The second-order valence-corrected chi connectivity index (χ2v) is 11.0. The Bertz CT molecular complexity index is 2960. The van der Waals surface area contributed by atoms with Gasteiger partial charge in [-0.25, -0.2) is 0 Å². The maximum absolute atomic E-state index is 9.25. The molecule has 1 heteroatoms. The van der Waals surface area contributed by atoms with Crippen LogP contribution in [0.3, 0.4) is 0 Å². The van der Waals surface area contributed by atoms with Gasteiger partial charge in [0, 0.05) is 10.8 Å². The number of furan rings is 1. The molecule has 0 radical (unpaired) electrons. The molecule has 0 saturated heterocycles. The summed E-state index contributed by atoms with van der Waals surface area (Å²) in [7, 11) is 0. The minimum absolute atomic E-state index is 0.0959. The van der Waals surface area contributed by atoms with Crippen molar-refractivity contribution in [3.8, 4) is 44.5 Å². The van der Waals surface area contributed by atoms with Crippen LogP contribution in [0.5, 0.6) is 0 Å². The summed E-state index contributed by atoms with van der Waals surface area (Å²) in [5.74, 6) is 0. The summed E-state index contributed by atoms with van der Waals surface area (Å²) in [4.78, 5) is 0. The Hall–Kier alpha value is -5.92. The van der Waals surface area contributed by atoms with Crippen molar-refractivity contribution in [1.82, 2.24) is 0 Å². The van der Waals surface area contributed by atoms with Gasteiger partial charge in [0.1, 0.15) is 11.2 Å². The number of rotatable bonds is 4. The average molecular weight is 582 g/mol. The van der Waals surface area contributed by atoms with Crippen LogP contribution in [0.25, 0.3) is 88.0 Å². The second-order valence-electron chi connectivity index (χ2n) is 11.0. The minimum Gasteiger partial charge on any atom is -0.456 e. The van der Waals surface area contributed by atoms with Gasteiger partial charge in [0.2, 0.25) is 0 Å². The van der Waals surface area contributed by atoms with E-state index in [0.29, 0.717) is 33.4 Å². The highest BCUT2D eigenvalue weighted by molar-refractivity contribution is 6.23. The standard InChI is InChI=1S/C44H28O/c1-3-13-29(14-4-1)31-23-25-34-40-27-32(24-26-41(40)45-42(34)28-31)43-36-19-9-11-21-38(36)44(39-22-12-10-20-37(39)43)35-18-8-7-17-33(35)30-15-5-2-6-16-30/h1-28H/i1D,3D,4D,7D,8D,13D,14D,17D,18D. The predicted molar refractivity (Wildman–Crippen MR) is 190 cm³/mol. The topological polar surface area (TPSA) is 13.1 Å². The fourth-order valence-corrected chi connectivity index (χ4v) is 6.51. The molecule has 0 spiro atoms. The monoisotopic (exact) mass is 581 g/mol. The van der Waals surface area contributed by atoms with Gasteiger partial charge >= 0.3 is 0 Å². The summed E-state index contributed by atoms with van der Waals surface area (Å²) in [6.45, 7) is 0. The Morgan fingerprint density at radius 3 is 1.67 bits per heavy atom. The fourth-order valence-electron chi connectivity index (χ4n) is 6.51. The van der Waals surface area contributed by atoms with Crippen LogP contribution in [0.2, 0.25) is 0 Å². The van der Waals surface area contributed by atoms with E-state index in [1.165, 1.54) is 0 Å². The molecule has 0 aliphatic rings. The van der Waals surface area contributed by atoms with Gasteiger partial charge < -0.3 is 4.42 Å². The number of benzene rings is 8. The molecule has 0 atom stereocenters. The zero-order valence-electron chi connectivity index (χ0n) is 32.9. The third-order valence-electron chi connectivity index (χ3n) is 8.48. The Balaban J connectivity index is 1.31. The largest absolute Gasteiger partial charge is 0.456 e. The van der Waals surface area contributed by atoms with E-state index in [2.05, 4.69) is 6.07 Å². The van der Waals surface area contributed by atoms with Crippen LogP contribution in [0.15, 0.2) is 174 Å². The van der Waals surface area contributed by atoms with Crippen LogP contribution in [0.4, 0.5) is 0 Å². The molecule has 9 aromatic rings. The molecule has 0 saturated carbocycles. The third kappa shape index (κ3) is 4.17. The lowest BCUT2D eigenvalue weighted by molar-refractivity contribution is 0.669. The summed E-state index contributed by atoms with van der Waals surface area (Å²) < 4.78 is 83.1. The molecule has 1 aromatic heterocycles. The first-order valence-corrected chi connectivity index (χ1v) is 14.7. The summed E-state index contributed by atoms with van der Waals surface area (Å²) in [5, 5.41) is 5.15. The summed E-state index contributed by atoms with van der Waals surface area (Å²) in [6.07, 6.45) is 0. The molecular weight excluding hydrogens is 544 g/mol. The summed E-state index contributed by atoms with van der Waals surface area (Å²) in [5.41, 5.74) is 5.90. The SMILES string of the molecule is [2H]c1c([2H])c([2H])c(-c2ccc3c(c2)oc2ccc(-c4c5ccccc5c(-c5c([2H])c([2H])c([2H])c([2H])c5-c5ccccc5)c5ccccc45)cc23)c([2H])c1[2H]. The number of hydrogen-bond donors (Lipinski definition) is 0. The molecule has 9 rings (SSSR count). The number of fused-ring (bicyclic) bond motifs is 5. The highest BCUT2D eigenvalue weighted by Gasteiger charge is 2.19. The summed E-state index contributed by atoms with van der Waals surface area (Å²) >= 11 is 0. The third-order valence-corrected chi connectivity index (χ3v) is 8.48. The highest BCUT2D eigenvalue weighted by atomic mass is 16.3. The van der Waals surface area contributed by atoms with Crippen LogP contribution in [-0.4, -0.2) is 0 Å². The second kappa shape index (κ2) is 10.4. The van der Waals surface area contributed by atoms with Crippen LogP contribution in [0, 0.1) is 0 Å². The molecule has 0 aliphatic heterocycles. The first-order chi connectivity index (χ1) is 26.1. The van der Waals surface area contributed by atoms with Crippen molar-refractivity contribution in [3.05, 3.63) is 170 Å². The molecule has 1 nitrogen and oxygen atoms in total. The van der Waals surface area contributed by atoms with E-state index in [9.17, 15) is 1.37 Å². The lowest BCUT2D eigenvalue weighted by Gasteiger charge is -2.19. The highest BCUT2D eigenvalue weighted by Crippen LogP contribution is 2.46. The Labute approximate surface area is 274 Å². The van der Waals surface area contributed by atoms with Gasteiger partial charge in [-0.1, -0.05) is 145 Å². The van der Waals surface area contributed by atoms with Gasteiger partial charge in [0.25, 0.3) is 0 Å². The Morgan fingerprint density at radius 2 is 0.956 bits per heavy atom. The molecule has 0 amide bonds. The van der Waals surface area contributed by atoms with Gasteiger partial charge in [0.15, 0.2) is 0 Å². The molecule has 210 valence electrons. The molecular formula is C44H28O. The van der Waals surface area contributed by atoms with Crippen LogP contribution in [0.1, 0.15) is 12.3 Å². The van der Waals surface area contributed by atoms with E-state index in [1.54, 1.807) is 12.1 Å². The molecule has 0 unspecified atom stereocenters. The Kier molecular flexibility index (Phi) is 4.15. The molecule has 0 aliphatic carbocycles. The zero-order valence-corrected chi connectivity index (χ0v) is 23.9. The number of hydrogen-bond acceptors (Lipinski definition) is 1. The average Bonchev–Trinajstić information content (AvgIpc) is 3.56. The van der Waals surface area contributed by atoms with E-state index < -0.39 is 18.1 Å². The lowest BCUT2D eigenvalue weighted by Crippen LogP contribution is -1.92. The molecule has 45 heavy (non-hydrogen) atoms. The molecule has 0 N–H and O–H groups in total. The maximum Gasteiger partial charge on any atom is 0.136 e. The van der Waals surface area contributed by atoms with Gasteiger partial charge in [-0.05, 0) is 90.3 Å². The minimum atomic E-state index is -0.441. The van der Waals surface area contributed by atoms with Crippen molar-refractivity contribution in [2.24, 2.45) is 0 Å². The van der Waals surface area contributed by atoms with Crippen molar-refractivity contribution >= 4 is 43.5 Å². The molecule has 1 heterocycles. The van der Waals surface area contributed by atoms with Crippen LogP contribution >= 0.6 is 0 Å². The lowest BCUT2D eigenvalue weighted by atomic mass is 9.83. The first kappa shape index (κ1) is 18.0. The quantitative estimate of drug-likeness (QED) is 0.188. The van der Waals surface area contributed by atoms with Crippen molar-refractivity contribution in [3.63, 3.8) is 0 Å². The molecule has 0 bridgehead atoms.